The van der Waals surface area contributed by atoms with E-state index in [0.29, 0.717) is 5.52 Å². The molecule has 1 heterocycles. The standard InChI is InChI=1S/C15H11F2NO3/c1-7-2-4-9(16)12(13(7)17)14(19)8-3-5-10-11(6-8)21-15(20)18-10/h2-6,14,19H,1H3,(H,18,20). The van der Waals surface area contributed by atoms with Crippen molar-refractivity contribution in [1.82, 2.24) is 4.98 Å². The molecule has 4 nitrogen and oxygen atoms in total. The van der Waals surface area contributed by atoms with E-state index in [1.807, 2.05) is 0 Å². The van der Waals surface area contributed by atoms with Gasteiger partial charge in [0, 0.05) is 0 Å². The van der Waals surface area contributed by atoms with Crippen molar-refractivity contribution in [3.8, 4) is 0 Å². The van der Waals surface area contributed by atoms with E-state index in [4.69, 9.17) is 4.42 Å². The minimum Gasteiger partial charge on any atom is -0.408 e. The number of aromatic amines is 1. The van der Waals surface area contributed by atoms with Crippen LogP contribution in [0.3, 0.4) is 0 Å². The van der Waals surface area contributed by atoms with Crippen LogP contribution in [-0.4, -0.2) is 10.1 Å². The largest absolute Gasteiger partial charge is 0.417 e. The van der Waals surface area contributed by atoms with Crippen LogP contribution in [0.5, 0.6) is 0 Å². The minimum absolute atomic E-state index is 0.213. The van der Waals surface area contributed by atoms with Gasteiger partial charge in [-0.1, -0.05) is 12.1 Å². The summed E-state index contributed by atoms with van der Waals surface area (Å²) < 4.78 is 32.7. The Labute approximate surface area is 117 Å². The number of benzene rings is 2. The summed E-state index contributed by atoms with van der Waals surface area (Å²) in [7, 11) is 0. The average Bonchev–Trinajstić information content (AvgIpc) is 2.82. The fraction of sp³-hybridized carbons (Fsp3) is 0.133. The van der Waals surface area contributed by atoms with Crippen LogP contribution in [-0.2, 0) is 0 Å². The monoisotopic (exact) mass is 291 g/mol. The number of aromatic nitrogens is 1. The summed E-state index contributed by atoms with van der Waals surface area (Å²) in [5.41, 5.74) is 0.701. The molecule has 3 aromatic rings. The number of hydrogen-bond acceptors (Lipinski definition) is 3. The summed E-state index contributed by atoms with van der Waals surface area (Å²) in [6.07, 6.45) is -1.49. The Morgan fingerprint density at radius 1 is 1.24 bits per heavy atom. The summed E-state index contributed by atoms with van der Waals surface area (Å²) in [4.78, 5) is 13.5. The van der Waals surface area contributed by atoms with Crippen LogP contribution >= 0.6 is 0 Å². The van der Waals surface area contributed by atoms with Crippen LogP contribution in [0.4, 0.5) is 8.78 Å². The van der Waals surface area contributed by atoms with Crippen molar-refractivity contribution in [2.24, 2.45) is 0 Å². The van der Waals surface area contributed by atoms with Crippen molar-refractivity contribution < 1.29 is 18.3 Å². The second kappa shape index (κ2) is 4.82. The molecular weight excluding hydrogens is 280 g/mol. The van der Waals surface area contributed by atoms with E-state index in [-0.39, 0.29) is 16.7 Å². The van der Waals surface area contributed by atoms with Gasteiger partial charge in [-0.3, -0.25) is 4.98 Å². The van der Waals surface area contributed by atoms with Crippen molar-refractivity contribution in [3.05, 3.63) is 69.2 Å². The zero-order valence-corrected chi connectivity index (χ0v) is 11.0. The quantitative estimate of drug-likeness (QED) is 0.763. The molecule has 1 aromatic heterocycles. The Hall–Kier alpha value is -2.47. The maximum Gasteiger partial charge on any atom is 0.417 e. The van der Waals surface area contributed by atoms with E-state index in [1.165, 1.54) is 31.2 Å². The van der Waals surface area contributed by atoms with E-state index in [9.17, 15) is 18.7 Å². The van der Waals surface area contributed by atoms with Crippen LogP contribution in [0.25, 0.3) is 11.1 Å². The molecule has 0 aliphatic heterocycles. The Morgan fingerprint density at radius 3 is 2.76 bits per heavy atom. The third-order valence-corrected chi connectivity index (χ3v) is 3.35. The number of aryl methyl sites for hydroxylation is 1. The molecule has 1 unspecified atom stereocenters. The Balaban J connectivity index is 2.14. The summed E-state index contributed by atoms with van der Waals surface area (Å²) in [5, 5.41) is 10.2. The second-order valence-electron chi connectivity index (χ2n) is 4.76. The van der Waals surface area contributed by atoms with E-state index in [2.05, 4.69) is 4.98 Å². The first-order valence-corrected chi connectivity index (χ1v) is 6.22. The molecule has 0 saturated carbocycles. The molecule has 0 spiro atoms. The molecule has 0 fully saturated rings. The van der Waals surface area contributed by atoms with Crippen molar-refractivity contribution >= 4 is 11.1 Å². The summed E-state index contributed by atoms with van der Waals surface area (Å²) in [5.74, 6) is -2.26. The summed E-state index contributed by atoms with van der Waals surface area (Å²) >= 11 is 0. The van der Waals surface area contributed by atoms with Gasteiger partial charge in [-0.05, 0) is 36.2 Å². The minimum atomic E-state index is -1.49. The molecule has 108 valence electrons. The van der Waals surface area contributed by atoms with Gasteiger partial charge in [-0.25, -0.2) is 13.6 Å². The molecule has 0 amide bonds. The number of halogens is 2. The van der Waals surface area contributed by atoms with E-state index >= 15 is 0 Å². The van der Waals surface area contributed by atoms with Gasteiger partial charge < -0.3 is 9.52 Å². The van der Waals surface area contributed by atoms with E-state index in [0.717, 1.165) is 6.07 Å². The predicted molar refractivity (Wildman–Crippen MR) is 72.0 cm³/mol. The highest BCUT2D eigenvalue weighted by Crippen LogP contribution is 2.29. The number of nitrogens with one attached hydrogen (secondary N) is 1. The molecule has 2 aromatic carbocycles. The molecule has 0 saturated heterocycles. The molecule has 1 atom stereocenters. The second-order valence-corrected chi connectivity index (χ2v) is 4.76. The fourth-order valence-corrected chi connectivity index (χ4v) is 2.23. The lowest BCUT2D eigenvalue weighted by molar-refractivity contribution is 0.209. The van der Waals surface area contributed by atoms with Gasteiger partial charge in [-0.2, -0.15) is 0 Å². The van der Waals surface area contributed by atoms with E-state index in [1.54, 1.807) is 0 Å². The first-order valence-electron chi connectivity index (χ1n) is 6.22. The highest BCUT2D eigenvalue weighted by atomic mass is 19.1. The van der Waals surface area contributed by atoms with Gasteiger partial charge in [0.1, 0.15) is 17.7 Å². The number of aliphatic hydroxyl groups excluding tert-OH is 1. The molecule has 6 heteroatoms. The third kappa shape index (κ3) is 2.23. The van der Waals surface area contributed by atoms with Crippen LogP contribution < -0.4 is 5.76 Å². The first kappa shape index (κ1) is 13.5. The maximum absolute atomic E-state index is 14.0. The molecule has 0 aliphatic rings. The number of hydrogen-bond donors (Lipinski definition) is 2. The van der Waals surface area contributed by atoms with Crippen molar-refractivity contribution in [2.45, 2.75) is 13.0 Å². The Kier molecular flexibility index (Phi) is 3.10. The zero-order chi connectivity index (χ0) is 15.1. The molecule has 0 aliphatic carbocycles. The van der Waals surface area contributed by atoms with Gasteiger partial charge >= 0.3 is 5.76 Å². The smallest absolute Gasteiger partial charge is 0.408 e. The molecule has 0 bridgehead atoms. The number of rotatable bonds is 2. The number of H-pyrrole nitrogens is 1. The van der Waals surface area contributed by atoms with Crippen LogP contribution in [0.2, 0.25) is 0 Å². The molecular formula is C15H11F2NO3. The predicted octanol–water partition coefficient (Wildman–Crippen LogP) is 2.79. The van der Waals surface area contributed by atoms with Crippen molar-refractivity contribution in [1.29, 1.82) is 0 Å². The molecule has 2 N–H and O–H groups in total. The topological polar surface area (TPSA) is 66.2 Å². The van der Waals surface area contributed by atoms with Gasteiger partial charge in [0.2, 0.25) is 0 Å². The highest BCUT2D eigenvalue weighted by Gasteiger charge is 2.21. The first-order chi connectivity index (χ1) is 9.97. The highest BCUT2D eigenvalue weighted by molar-refractivity contribution is 5.73. The lowest BCUT2D eigenvalue weighted by Crippen LogP contribution is -2.07. The van der Waals surface area contributed by atoms with Crippen molar-refractivity contribution in [3.63, 3.8) is 0 Å². The zero-order valence-electron chi connectivity index (χ0n) is 11.0. The van der Waals surface area contributed by atoms with Gasteiger partial charge in [0.15, 0.2) is 5.58 Å². The SMILES string of the molecule is Cc1ccc(F)c(C(O)c2ccc3[nH]c(=O)oc3c2)c1F. The normalized spacial score (nSPS) is 12.8. The van der Waals surface area contributed by atoms with Gasteiger partial charge in [-0.15, -0.1) is 0 Å². The lowest BCUT2D eigenvalue weighted by atomic mass is 9.98. The Morgan fingerprint density at radius 2 is 2.00 bits per heavy atom. The fourth-order valence-electron chi connectivity index (χ4n) is 2.23. The van der Waals surface area contributed by atoms with Gasteiger partial charge in [0.25, 0.3) is 0 Å². The lowest BCUT2D eigenvalue weighted by Gasteiger charge is -2.14. The van der Waals surface area contributed by atoms with Gasteiger partial charge in [0.05, 0.1) is 11.1 Å². The van der Waals surface area contributed by atoms with Crippen LogP contribution in [0.1, 0.15) is 22.8 Å². The Bertz CT molecular complexity index is 882. The number of oxazole rings is 1. The summed E-state index contributed by atoms with van der Waals surface area (Å²) in [6.45, 7) is 1.49. The van der Waals surface area contributed by atoms with Crippen LogP contribution in [0.15, 0.2) is 39.5 Å². The van der Waals surface area contributed by atoms with Crippen molar-refractivity contribution in [2.75, 3.05) is 0 Å². The average molecular weight is 291 g/mol. The van der Waals surface area contributed by atoms with E-state index < -0.39 is 29.1 Å². The number of aliphatic hydroxyl groups is 1. The third-order valence-electron chi connectivity index (χ3n) is 3.35. The molecule has 21 heavy (non-hydrogen) atoms. The van der Waals surface area contributed by atoms with Crippen LogP contribution in [0, 0.1) is 18.6 Å². The molecule has 3 rings (SSSR count). The molecule has 0 radical (unpaired) electrons. The number of fused-ring (bicyclic) bond motifs is 1. The maximum atomic E-state index is 14.0. The summed E-state index contributed by atoms with van der Waals surface area (Å²) in [6, 6.07) is 6.75.